The number of benzene rings is 1. The Hall–Kier alpha value is -1.39. The average molecular weight is 520 g/mol. The van der Waals surface area contributed by atoms with Crippen molar-refractivity contribution in [2.45, 2.75) is 75.2 Å². The van der Waals surface area contributed by atoms with Gasteiger partial charge in [0.15, 0.2) is 0 Å². The molecule has 0 aliphatic heterocycles. The zero-order valence-electron chi connectivity index (χ0n) is 21.7. The van der Waals surface area contributed by atoms with Gasteiger partial charge in [0.2, 0.25) is 0 Å². The zero-order chi connectivity index (χ0) is 24.5. The van der Waals surface area contributed by atoms with E-state index in [0.717, 1.165) is 41.1 Å². The van der Waals surface area contributed by atoms with Gasteiger partial charge in [-0.2, -0.15) is 0 Å². The van der Waals surface area contributed by atoms with Crippen LogP contribution in [-0.4, -0.2) is 16.9 Å². The molecule has 178 valence electrons. The second-order valence-electron chi connectivity index (χ2n) is 9.48. The highest BCUT2D eigenvalue weighted by atomic mass is 79.9. The predicted octanol–water partition coefficient (Wildman–Crippen LogP) is 8.50. The summed E-state index contributed by atoms with van der Waals surface area (Å²) < 4.78 is 0. The number of halogens is 1. The molecule has 0 aliphatic carbocycles. The molecule has 0 unspecified atom stereocenters. The van der Waals surface area contributed by atoms with E-state index in [1.165, 1.54) is 27.8 Å². The monoisotopic (exact) mass is 518 g/mol. The molecule has 1 N–H and O–H groups in total. The van der Waals surface area contributed by atoms with Gasteiger partial charge in [-0.15, -0.1) is 11.3 Å². The number of thiazole rings is 1. The van der Waals surface area contributed by atoms with Crippen molar-refractivity contribution in [2.75, 3.05) is 11.9 Å². The lowest BCUT2D eigenvalue weighted by Crippen LogP contribution is -2.22. The van der Waals surface area contributed by atoms with Crippen LogP contribution >= 0.6 is 27.3 Å². The first-order chi connectivity index (χ1) is 15.0. The van der Waals surface area contributed by atoms with Crippen molar-refractivity contribution in [1.82, 2.24) is 10.3 Å². The van der Waals surface area contributed by atoms with Gasteiger partial charge in [0, 0.05) is 23.7 Å². The summed E-state index contributed by atoms with van der Waals surface area (Å²) in [5.74, 6) is 0.451. The van der Waals surface area contributed by atoms with Gasteiger partial charge < -0.3 is 5.32 Å². The van der Waals surface area contributed by atoms with Crippen molar-refractivity contribution in [3.63, 3.8) is 0 Å². The third-order valence-electron chi connectivity index (χ3n) is 5.38. The molecule has 2 rings (SSSR count). The number of nitrogens with zero attached hydrogens (tertiary/aromatic N) is 1. The molecule has 0 atom stereocenters. The predicted molar refractivity (Wildman–Crippen MR) is 149 cm³/mol. The molecule has 4 heteroatoms. The van der Waals surface area contributed by atoms with Crippen LogP contribution in [-0.2, 0) is 12.8 Å². The molecule has 0 fully saturated rings. The van der Waals surface area contributed by atoms with Gasteiger partial charge in [-0.25, -0.2) is 4.98 Å². The second-order valence-corrected chi connectivity index (χ2v) is 11.2. The lowest BCUT2D eigenvalue weighted by molar-refractivity contribution is 0.491. The Morgan fingerprint density at radius 2 is 1.75 bits per heavy atom. The van der Waals surface area contributed by atoms with Gasteiger partial charge in [-0.1, -0.05) is 94.8 Å². The second kappa shape index (κ2) is 13.3. The summed E-state index contributed by atoms with van der Waals surface area (Å²) in [6.07, 6.45) is 4.22. The van der Waals surface area contributed by atoms with Crippen LogP contribution < -0.4 is 5.32 Å². The minimum atomic E-state index is 0.0968. The highest BCUT2D eigenvalue weighted by Crippen LogP contribution is 2.26. The summed E-state index contributed by atoms with van der Waals surface area (Å²) in [4.78, 5) is 4.98. The van der Waals surface area contributed by atoms with E-state index in [0.29, 0.717) is 5.92 Å². The van der Waals surface area contributed by atoms with Gasteiger partial charge >= 0.3 is 0 Å². The van der Waals surface area contributed by atoms with Crippen LogP contribution in [0.25, 0.3) is 5.70 Å². The Kier molecular flexibility index (Phi) is 11.9. The Balaban J connectivity index is 0.00000249. The number of hydrogen-bond donors (Lipinski definition) is 1. The van der Waals surface area contributed by atoms with Crippen LogP contribution in [0.5, 0.6) is 0 Å². The molecule has 0 amide bonds. The maximum Gasteiger partial charge on any atom is 0.0977 e. The number of rotatable bonds is 9. The molecule has 0 aliphatic rings. The largest absolute Gasteiger partial charge is 0.380 e. The lowest BCUT2D eigenvalue weighted by Gasteiger charge is -2.23. The molecule has 0 spiro atoms. The molecule has 2 aromatic rings. The number of allylic oxidation sites excluding steroid dienone is 1. The summed E-state index contributed by atoms with van der Waals surface area (Å²) in [5.41, 5.74) is 8.96. The molecule has 0 saturated carbocycles. The molecular weight excluding hydrogens is 476 g/mol. The molecule has 0 saturated heterocycles. The van der Waals surface area contributed by atoms with Gasteiger partial charge in [0.1, 0.15) is 0 Å². The van der Waals surface area contributed by atoms with Gasteiger partial charge in [0.25, 0.3) is 0 Å². The van der Waals surface area contributed by atoms with E-state index >= 15 is 0 Å². The quantitative estimate of drug-likeness (QED) is 0.265. The fraction of sp³-hybridized carbons (Fsp3) is 0.536. The number of alkyl halides is 1. The van der Waals surface area contributed by atoms with Crippen LogP contribution in [0.4, 0.5) is 0 Å². The molecule has 32 heavy (non-hydrogen) atoms. The Bertz CT molecular complexity index is 901. The summed E-state index contributed by atoms with van der Waals surface area (Å²) >= 11 is 5.30. The first-order valence-corrected chi connectivity index (χ1v) is 13.7. The molecule has 0 bridgehead atoms. The number of aromatic nitrogens is 1. The summed E-state index contributed by atoms with van der Waals surface area (Å²) in [6, 6.07) is 4.68. The minimum absolute atomic E-state index is 0.0968. The van der Waals surface area contributed by atoms with Crippen LogP contribution in [0.15, 0.2) is 35.7 Å². The van der Waals surface area contributed by atoms with E-state index in [-0.39, 0.29) is 5.41 Å². The third-order valence-corrected chi connectivity index (χ3v) is 6.63. The van der Waals surface area contributed by atoms with Gasteiger partial charge in [-0.05, 0) is 53.9 Å². The number of hydrogen-bond acceptors (Lipinski definition) is 3. The standard InChI is InChI=1S/C26H37BrN2S.C2H6/c1-17(2)11-23(28-15-20(5)26(6,7)8)24-16-30-25(29-24)14-22-13-18(3)21(9-10-27)12-19(22)4;1-2/h11-13,16-17,28H,5,9-10,14-15H2,1-4,6-8H3;1-2H3/b23-11-;. The Morgan fingerprint density at radius 3 is 2.31 bits per heavy atom. The van der Waals surface area contributed by atoms with Crippen molar-refractivity contribution < 1.29 is 0 Å². The van der Waals surface area contributed by atoms with E-state index in [4.69, 9.17) is 4.98 Å². The van der Waals surface area contributed by atoms with Crippen molar-refractivity contribution in [2.24, 2.45) is 11.3 Å². The first kappa shape index (κ1) is 28.6. The molecule has 1 aromatic carbocycles. The van der Waals surface area contributed by atoms with Crippen molar-refractivity contribution in [3.8, 4) is 0 Å². The Labute approximate surface area is 209 Å². The highest BCUT2D eigenvalue weighted by molar-refractivity contribution is 9.09. The molecule has 2 nitrogen and oxygen atoms in total. The molecule has 1 heterocycles. The van der Waals surface area contributed by atoms with Crippen LogP contribution in [0, 0.1) is 25.2 Å². The normalized spacial score (nSPS) is 11.9. The summed E-state index contributed by atoms with van der Waals surface area (Å²) in [6.45, 7) is 24.5. The van der Waals surface area contributed by atoms with E-state index < -0.39 is 0 Å². The van der Waals surface area contributed by atoms with Gasteiger partial charge in [-0.3, -0.25) is 0 Å². The fourth-order valence-corrected chi connectivity index (χ4v) is 4.46. The van der Waals surface area contributed by atoms with Crippen LogP contribution in [0.3, 0.4) is 0 Å². The van der Waals surface area contributed by atoms with E-state index in [2.05, 4.69) is 99.9 Å². The first-order valence-electron chi connectivity index (χ1n) is 11.7. The Morgan fingerprint density at radius 1 is 1.16 bits per heavy atom. The molecular formula is C28H43BrN2S. The maximum absolute atomic E-state index is 4.98. The zero-order valence-corrected chi connectivity index (χ0v) is 24.1. The van der Waals surface area contributed by atoms with Crippen molar-refractivity contribution in [1.29, 1.82) is 0 Å². The summed E-state index contributed by atoms with van der Waals surface area (Å²) in [5, 5.41) is 7.93. The average Bonchev–Trinajstić information content (AvgIpc) is 3.18. The number of aryl methyl sites for hydroxylation is 3. The van der Waals surface area contributed by atoms with E-state index in [1.807, 2.05) is 13.8 Å². The maximum atomic E-state index is 4.98. The summed E-state index contributed by atoms with van der Waals surface area (Å²) in [7, 11) is 0. The smallest absolute Gasteiger partial charge is 0.0977 e. The minimum Gasteiger partial charge on any atom is -0.380 e. The van der Waals surface area contributed by atoms with E-state index in [1.54, 1.807) is 11.3 Å². The van der Waals surface area contributed by atoms with Crippen molar-refractivity contribution >= 4 is 33.0 Å². The molecule has 0 radical (unpaired) electrons. The van der Waals surface area contributed by atoms with Crippen molar-refractivity contribution in [3.05, 3.63) is 68.7 Å². The highest BCUT2D eigenvalue weighted by Gasteiger charge is 2.16. The topological polar surface area (TPSA) is 24.9 Å². The fourth-order valence-electron chi connectivity index (χ4n) is 3.21. The lowest BCUT2D eigenvalue weighted by atomic mass is 9.87. The SMILES string of the molecule is C=C(CN/C(=C\C(C)C)c1csc(Cc2cc(C)c(CCBr)cc2C)n1)C(C)(C)C.CC. The third kappa shape index (κ3) is 8.86. The van der Waals surface area contributed by atoms with Crippen LogP contribution in [0.1, 0.15) is 81.4 Å². The molecule has 1 aromatic heterocycles. The van der Waals surface area contributed by atoms with Gasteiger partial charge in [0.05, 0.1) is 16.4 Å². The van der Waals surface area contributed by atoms with E-state index in [9.17, 15) is 0 Å². The number of nitrogens with one attached hydrogen (secondary N) is 1. The van der Waals surface area contributed by atoms with Crippen LogP contribution in [0.2, 0.25) is 0 Å².